The lowest BCUT2D eigenvalue weighted by atomic mass is 10.2. The zero-order chi connectivity index (χ0) is 10.8. The van der Waals surface area contributed by atoms with E-state index >= 15 is 0 Å². The van der Waals surface area contributed by atoms with Crippen LogP contribution in [-0.2, 0) is 0 Å². The van der Waals surface area contributed by atoms with Crippen LogP contribution in [0.1, 0.15) is 6.92 Å². The fraction of sp³-hybridized carbons (Fsp3) is 0.333. The molecule has 0 amide bonds. The maximum atomic E-state index is 12.1. The average Bonchev–Trinajstić information content (AvgIpc) is 2.07. The van der Waals surface area contributed by atoms with Crippen molar-refractivity contribution in [2.24, 2.45) is 0 Å². The topological polar surface area (TPSA) is 12.0 Å². The van der Waals surface area contributed by atoms with E-state index in [1.54, 1.807) is 24.3 Å². The van der Waals surface area contributed by atoms with Gasteiger partial charge in [-0.2, -0.15) is 13.2 Å². The van der Waals surface area contributed by atoms with Gasteiger partial charge in [0.25, 0.3) is 0 Å². The molecule has 0 aliphatic heterocycles. The van der Waals surface area contributed by atoms with Crippen LogP contribution in [0.2, 0.25) is 0 Å². The van der Waals surface area contributed by atoms with Crippen LogP contribution in [0.4, 0.5) is 18.9 Å². The maximum absolute atomic E-state index is 12.1. The van der Waals surface area contributed by atoms with Gasteiger partial charge < -0.3 is 5.32 Å². The summed E-state index contributed by atoms with van der Waals surface area (Å²) in [6.07, 6.45) is -4.22. The normalized spacial score (nSPS) is 13.8. The fourth-order valence-corrected chi connectivity index (χ4v) is 1.14. The molecule has 0 saturated heterocycles. The number of hydrogen-bond acceptors (Lipinski definition) is 1. The fourth-order valence-electron chi connectivity index (χ4n) is 0.878. The predicted molar refractivity (Wildman–Crippen MR) is 53.3 cm³/mol. The Labute approximate surface area is 88.4 Å². The number of hydrogen-bond donors (Lipinski definition) is 1. The number of anilines is 1. The van der Waals surface area contributed by atoms with Crippen LogP contribution in [0.5, 0.6) is 0 Å². The molecule has 0 aliphatic rings. The van der Waals surface area contributed by atoms with E-state index in [1.807, 2.05) is 0 Å². The van der Waals surface area contributed by atoms with Crippen LogP contribution in [0.15, 0.2) is 28.7 Å². The molecule has 5 heteroatoms. The Morgan fingerprint density at radius 3 is 2.14 bits per heavy atom. The van der Waals surface area contributed by atoms with E-state index in [0.717, 1.165) is 11.4 Å². The van der Waals surface area contributed by atoms with Gasteiger partial charge in [0.2, 0.25) is 0 Å². The van der Waals surface area contributed by atoms with Crippen molar-refractivity contribution in [3.63, 3.8) is 0 Å². The summed E-state index contributed by atoms with van der Waals surface area (Å²) in [6, 6.07) is 5.01. The highest BCUT2D eigenvalue weighted by Crippen LogP contribution is 2.23. The number of nitrogens with one attached hydrogen (secondary N) is 1. The third-order valence-electron chi connectivity index (χ3n) is 1.72. The second-order valence-corrected chi connectivity index (χ2v) is 3.83. The van der Waals surface area contributed by atoms with Crippen LogP contribution >= 0.6 is 15.9 Å². The third kappa shape index (κ3) is 3.21. The molecule has 0 bridgehead atoms. The van der Waals surface area contributed by atoms with E-state index in [-0.39, 0.29) is 0 Å². The molecule has 0 radical (unpaired) electrons. The van der Waals surface area contributed by atoms with Gasteiger partial charge in [-0.15, -0.1) is 0 Å². The van der Waals surface area contributed by atoms with E-state index in [2.05, 4.69) is 21.2 Å². The molecule has 1 N–H and O–H groups in total. The summed E-state index contributed by atoms with van der Waals surface area (Å²) in [7, 11) is 0. The standard InChI is InChI=1S/C9H9BrF3N/c1-6(9(11,12)13)14-8-4-2-7(10)3-5-8/h2-6,14H,1H3. The molecule has 0 aliphatic carbocycles. The van der Waals surface area contributed by atoms with Crippen molar-refractivity contribution in [1.29, 1.82) is 0 Å². The summed E-state index contributed by atoms with van der Waals surface area (Å²) in [5.41, 5.74) is 0.457. The van der Waals surface area contributed by atoms with Gasteiger partial charge in [0.1, 0.15) is 6.04 Å². The Morgan fingerprint density at radius 1 is 1.21 bits per heavy atom. The summed E-state index contributed by atoms with van der Waals surface area (Å²) >= 11 is 3.20. The molecule has 1 atom stereocenters. The van der Waals surface area contributed by atoms with Crippen molar-refractivity contribution in [3.8, 4) is 0 Å². The predicted octanol–water partition coefficient (Wildman–Crippen LogP) is 3.81. The zero-order valence-electron chi connectivity index (χ0n) is 7.40. The van der Waals surface area contributed by atoms with Gasteiger partial charge in [-0.1, -0.05) is 15.9 Å². The van der Waals surface area contributed by atoms with E-state index in [1.165, 1.54) is 0 Å². The molecule has 1 aromatic carbocycles. The summed E-state index contributed by atoms with van der Waals surface area (Å²) in [4.78, 5) is 0. The van der Waals surface area contributed by atoms with E-state index in [4.69, 9.17) is 0 Å². The SMILES string of the molecule is CC(Nc1ccc(Br)cc1)C(F)(F)F. The minimum atomic E-state index is -4.22. The average molecular weight is 268 g/mol. The Balaban J connectivity index is 2.65. The van der Waals surface area contributed by atoms with E-state index < -0.39 is 12.2 Å². The highest BCUT2D eigenvalue weighted by Gasteiger charge is 2.35. The highest BCUT2D eigenvalue weighted by atomic mass is 79.9. The molecule has 0 spiro atoms. The molecule has 1 rings (SSSR count). The summed E-state index contributed by atoms with van der Waals surface area (Å²) in [5, 5.41) is 2.36. The molecule has 0 aromatic heterocycles. The van der Waals surface area contributed by atoms with E-state index in [9.17, 15) is 13.2 Å². The number of alkyl halides is 3. The lowest BCUT2D eigenvalue weighted by molar-refractivity contribution is -0.138. The van der Waals surface area contributed by atoms with Crippen LogP contribution in [-0.4, -0.2) is 12.2 Å². The van der Waals surface area contributed by atoms with Crippen LogP contribution < -0.4 is 5.32 Å². The first-order valence-electron chi connectivity index (χ1n) is 3.98. The van der Waals surface area contributed by atoms with Gasteiger partial charge in [0.05, 0.1) is 0 Å². The summed E-state index contributed by atoms with van der Waals surface area (Å²) in [5.74, 6) is 0. The summed E-state index contributed by atoms with van der Waals surface area (Å²) < 4.78 is 37.3. The van der Waals surface area contributed by atoms with Gasteiger partial charge >= 0.3 is 6.18 Å². The Kier molecular flexibility index (Phi) is 3.42. The molecule has 0 saturated carbocycles. The minimum absolute atomic E-state index is 0.457. The molecule has 0 heterocycles. The Hall–Kier alpha value is -0.710. The van der Waals surface area contributed by atoms with Gasteiger partial charge in [0.15, 0.2) is 0 Å². The lowest BCUT2D eigenvalue weighted by Crippen LogP contribution is -2.32. The Bertz CT molecular complexity index is 294. The lowest BCUT2D eigenvalue weighted by Gasteiger charge is -2.18. The highest BCUT2D eigenvalue weighted by molar-refractivity contribution is 9.10. The molecule has 14 heavy (non-hydrogen) atoms. The second-order valence-electron chi connectivity index (χ2n) is 2.91. The quantitative estimate of drug-likeness (QED) is 0.859. The van der Waals surface area contributed by atoms with Crippen molar-refractivity contribution >= 4 is 21.6 Å². The largest absolute Gasteiger partial charge is 0.408 e. The Morgan fingerprint density at radius 2 is 1.71 bits per heavy atom. The van der Waals surface area contributed by atoms with Crippen LogP contribution in [0.25, 0.3) is 0 Å². The van der Waals surface area contributed by atoms with Gasteiger partial charge in [0, 0.05) is 10.2 Å². The minimum Gasteiger partial charge on any atom is -0.374 e. The van der Waals surface area contributed by atoms with Crippen molar-refractivity contribution < 1.29 is 13.2 Å². The number of rotatable bonds is 2. The first kappa shape index (κ1) is 11.4. The second kappa shape index (κ2) is 4.21. The van der Waals surface area contributed by atoms with Crippen LogP contribution in [0, 0.1) is 0 Å². The van der Waals surface area contributed by atoms with Crippen molar-refractivity contribution in [2.75, 3.05) is 5.32 Å². The van der Waals surface area contributed by atoms with Crippen LogP contribution in [0.3, 0.4) is 0 Å². The monoisotopic (exact) mass is 267 g/mol. The molecule has 1 nitrogen and oxygen atoms in total. The third-order valence-corrected chi connectivity index (χ3v) is 2.25. The molecule has 1 aromatic rings. The van der Waals surface area contributed by atoms with Gasteiger partial charge in [-0.3, -0.25) is 0 Å². The molecular formula is C9H9BrF3N. The first-order valence-corrected chi connectivity index (χ1v) is 4.77. The van der Waals surface area contributed by atoms with Crippen molar-refractivity contribution in [3.05, 3.63) is 28.7 Å². The number of benzene rings is 1. The molecule has 78 valence electrons. The molecular weight excluding hydrogens is 259 g/mol. The number of halogens is 4. The van der Waals surface area contributed by atoms with E-state index in [0.29, 0.717) is 5.69 Å². The smallest absolute Gasteiger partial charge is 0.374 e. The summed E-state index contributed by atoms with van der Waals surface area (Å²) in [6.45, 7) is 1.09. The van der Waals surface area contributed by atoms with Gasteiger partial charge in [-0.25, -0.2) is 0 Å². The van der Waals surface area contributed by atoms with Crippen molar-refractivity contribution in [2.45, 2.75) is 19.1 Å². The molecule has 0 fully saturated rings. The van der Waals surface area contributed by atoms with Crippen molar-refractivity contribution in [1.82, 2.24) is 0 Å². The first-order chi connectivity index (χ1) is 6.39. The van der Waals surface area contributed by atoms with Gasteiger partial charge in [-0.05, 0) is 31.2 Å². The zero-order valence-corrected chi connectivity index (χ0v) is 8.98. The molecule has 1 unspecified atom stereocenters. The maximum Gasteiger partial charge on any atom is 0.408 e.